The van der Waals surface area contributed by atoms with E-state index in [4.69, 9.17) is 0 Å². The van der Waals surface area contributed by atoms with Crippen molar-refractivity contribution in [3.63, 3.8) is 0 Å². The van der Waals surface area contributed by atoms with Gasteiger partial charge < -0.3 is 4.90 Å². The number of rotatable bonds is 16. The van der Waals surface area contributed by atoms with E-state index in [1.807, 2.05) is 0 Å². The Kier molecular flexibility index (Phi) is 14.2. The average Bonchev–Trinajstić information content (AvgIpc) is 2.52. The second kappa shape index (κ2) is 14.3. The Hall–Kier alpha value is -0.110. The number of hydrogen-bond donors (Lipinski definition) is 0. The Balaban J connectivity index is 4.47. The molecule has 0 heterocycles. The minimum absolute atomic E-state index is 0.375. The van der Waals surface area contributed by atoms with Gasteiger partial charge in [0.25, 0.3) is 0 Å². The van der Waals surface area contributed by atoms with Crippen LogP contribution in [0.15, 0.2) is 11.6 Å². The molecule has 0 bridgehead atoms. The van der Waals surface area contributed by atoms with Crippen LogP contribution in [0.1, 0.15) is 105 Å². The van der Waals surface area contributed by atoms with Crippen LogP contribution in [0.3, 0.4) is 0 Å². The molecule has 2 heteroatoms. The van der Waals surface area contributed by atoms with Crippen molar-refractivity contribution < 1.29 is 0 Å². The van der Waals surface area contributed by atoms with E-state index in [1.54, 1.807) is 0 Å². The molecule has 0 saturated heterocycles. The van der Waals surface area contributed by atoms with E-state index in [-0.39, 0.29) is 0 Å². The van der Waals surface area contributed by atoms with E-state index in [0.29, 0.717) is 4.75 Å². The van der Waals surface area contributed by atoms with Crippen LogP contribution >= 0.6 is 11.8 Å². The molecule has 23 heavy (non-hydrogen) atoms. The molecular weight excluding hydrogens is 298 g/mol. The van der Waals surface area contributed by atoms with Gasteiger partial charge in [-0.1, -0.05) is 85.1 Å². The van der Waals surface area contributed by atoms with Gasteiger partial charge in [0.15, 0.2) is 0 Å². The molecule has 0 aliphatic heterocycles. The Morgan fingerprint density at radius 3 is 1.65 bits per heavy atom. The Labute approximate surface area is 151 Å². The van der Waals surface area contributed by atoms with E-state index in [0.717, 1.165) is 13.1 Å². The monoisotopic (exact) mass is 341 g/mol. The predicted octanol–water partition coefficient (Wildman–Crippen LogP) is 7.62. The second-order valence-corrected chi connectivity index (χ2v) is 8.75. The summed E-state index contributed by atoms with van der Waals surface area (Å²) in [6, 6.07) is 0. The molecule has 0 rings (SSSR count). The summed E-state index contributed by atoms with van der Waals surface area (Å²) < 4.78 is 0.375. The zero-order valence-corrected chi connectivity index (χ0v) is 17.6. The minimum atomic E-state index is 0.375. The maximum absolute atomic E-state index is 4.37. The maximum Gasteiger partial charge on any atom is 0.0639 e. The molecule has 1 nitrogen and oxygen atoms in total. The van der Waals surface area contributed by atoms with Crippen molar-refractivity contribution in [3.05, 3.63) is 11.6 Å². The van der Waals surface area contributed by atoms with Gasteiger partial charge in [0.1, 0.15) is 0 Å². The van der Waals surface area contributed by atoms with Gasteiger partial charge in [-0.2, -0.15) is 0 Å². The lowest BCUT2D eigenvalue weighted by atomic mass is 9.95. The van der Waals surface area contributed by atoms with Gasteiger partial charge in [0.05, 0.1) is 5.03 Å². The van der Waals surface area contributed by atoms with Crippen LogP contribution in [0.5, 0.6) is 0 Å². The first-order valence-corrected chi connectivity index (χ1v) is 11.0. The van der Waals surface area contributed by atoms with Crippen LogP contribution in [-0.4, -0.2) is 22.7 Å². The molecule has 0 aliphatic carbocycles. The summed E-state index contributed by atoms with van der Waals surface area (Å²) >= 11 is 2.06. The van der Waals surface area contributed by atoms with Crippen molar-refractivity contribution >= 4 is 11.8 Å². The van der Waals surface area contributed by atoms with E-state index in [1.165, 1.54) is 75.7 Å². The average molecular weight is 342 g/mol. The third-order valence-electron chi connectivity index (χ3n) is 4.85. The van der Waals surface area contributed by atoms with Gasteiger partial charge >= 0.3 is 0 Å². The van der Waals surface area contributed by atoms with E-state index in [9.17, 15) is 0 Å². The minimum Gasteiger partial charge on any atom is -0.367 e. The van der Waals surface area contributed by atoms with E-state index in [2.05, 4.69) is 57.9 Å². The quantitative estimate of drug-likeness (QED) is 0.266. The highest BCUT2D eigenvalue weighted by Crippen LogP contribution is 2.41. The van der Waals surface area contributed by atoms with Gasteiger partial charge in [0, 0.05) is 17.8 Å². The summed E-state index contributed by atoms with van der Waals surface area (Å²) in [4.78, 5) is 2.41. The summed E-state index contributed by atoms with van der Waals surface area (Å²) in [5.41, 5.74) is 0. The Morgan fingerprint density at radius 1 is 0.783 bits per heavy atom. The molecule has 0 aromatic heterocycles. The van der Waals surface area contributed by atoms with Crippen molar-refractivity contribution in [1.29, 1.82) is 0 Å². The van der Waals surface area contributed by atoms with Crippen LogP contribution in [0, 0.1) is 0 Å². The van der Waals surface area contributed by atoms with Crippen LogP contribution in [-0.2, 0) is 0 Å². The predicted molar refractivity (Wildman–Crippen MR) is 110 cm³/mol. The molecule has 1 atom stereocenters. The Morgan fingerprint density at radius 2 is 1.22 bits per heavy atom. The molecule has 138 valence electrons. The second-order valence-electron chi connectivity index (χ2n) is 7.09. The summed E-state index contributed by atoms with van der Waals surface area (Å²) in [5.74, 6) is 0. The zero-order chi connectivity index (χ0) is 17.6. The lowest BCUT2D eigenvalue weighted by molar-refractivity contribution is 0.406. The first kappa shape index (κ1) is 22.9. The SMILES string of the molecule is C=C(SC(C)(CCCCCC)CCCCCCC)N(CC)CC. The maximum atomic E-state index is 4.37. The fraction of sp³-hybridized carbons (Fsp3) is 0.905. The summed E-state index contributed by atoms with van der Waals surface area (Å²) in [6.07, 6.45) is 15.1. The number of thioether (sulfide) groups is 1. The molecule has 0 saturated carbocycles. The smallest absolute Gasteiger partial charge is 0.0639 e. The molecule has 0 aromatic carbocycles. The molecule has 0 N–H and O–H groups in total. The van der Waals surface area contributed by atoms with Gasteiger partial charge in [-0.05, 0) is 26.7 Å². The first-order chi connectivity index (χ1) is 11.0. The van der Waals surface area contributed by atoms with Crippen molar-refractivity contribution in [2.45, 2.75) is 110 Å². The van der Waals surface area contributed by atoms with Gasteiger partial charge in [-0.15, -0.1) is 11.8 Å². The van der Waals surface area contributed by atoms with Crippen molar-refractivity contribution in [3.8, 4) is 0 Å². The third kappa shape index (κ3) is 11.1. The molecule has 0 aromatic rings. The number of hydrogen-bond acceptors (Lipinski definition) is 2. The highest BCUT2D eigenvalue weighted by atomic mass is 32.2. The fourth-order valence-electron chi connectivity index (χ4n) is 3.18. The van der Waals surface area contributed by atoms with Crippen LogP contribution < -0.4 is 0 Å². The Bertz CT molecular complexity index is 286. The summed E-state index contributed by atoms with van der Waals surface area (Å²) in [6.45, 7) is 18.1. The van der Waals surface area contributed by atoms with Crippen molar-refractivity contribution in [1.82, 2.24) is 4.90 Å². The highest BCUT2D eigenvalue weighted by molar-refractivity contribution is 8.04. The van der Waals surface area contributed by atoms with Gasteiger partial charge in [-0.3, -0.25) is 0 Å². The third-order valence-corrected chi connectivity index (χ3v) is 6.24. The topological polar surface area (TPSA) is 3.24 Å². The van der Waals surface area contributed by atoms with Gasteiger partial charge in [0.2, 0.25) is 0 Å². The highest BCUT2D eigenvalue weighted by Gasteiger charge is 2.26. The van der Waals surface area contributed by atoms with E-state index < -0.39 is 0 Å². The van der Waals surface area contributed by atoms with Gasteiger partial charge in [-0.25, -0.2) is 0 Å². The zero-order valence-electron chi connectivity index (χ0n) is 16.8. The summed E-state index contributed by atoms with van der Waals surface area (Å²) in [7, 11) is 0. The summed E-state index contributed by atoms with van der Waals surface area (Å²) in [5, 5.41) is 1.28. The van der Waals surface area contributed by atoms with Crippen molar-refractivity contribution in [2.75, 3.05) is 13.1 Å². The largest absolute Gasteiger partial charge is 0.367 e. The van der Waals surface area contributed by atoms with Crippen molar-refractivity contribution in [2.24, 2.45) is 0 Å². The molecule has 0 fully saturated rings. The van der Waals surface area contributed by atoms with Crippen LogP contribution in [0.2, 0.25) is 0 Å². The molecule has 1 unspecified atom stereocenters. The number of unbranched alkanes of at least 4 members (excludes halogenated alkanes) is 7. The number of nitrogens with zero attached hydrogens (tertiary/aromatic N) is 1. The first-order valence-electron chi connectivity index (χ1n) is 10.2. The van der Waals surface area contributed by atoms with Crippen LogP contribution in [0.25, 0.3) is 0 Å². The fourth-order valence-corrected chi connectivity index (χ4v) is 4.63. The molecule has 0 amide bonds. The molecule has 0 aliphatic rings. The molecule has 0 spiro atoms. The molecular formula is C21H43NS. The lowest BCUT2D eigenvalue weighted by Crippen LogP contribution is -2.26. The lowest BCUT2D eigenvalue weighted by Gasteiger charge is -2.34. The van der Waals surface area contributed by atoms with Crippen LogP contribution in [0.4, 0.5) is 0 Å². The standard InChI is InChI=1S/C21H43NS/c1-7-11-13-15-17-19-21(6,18-16-14-12-8-2)23-20(5)22(9-3)10-4/h5,7-19H2,1-4,6H3. The normalized spacial score (nSPS) is 13.8. The molecule has 0 radical (unpaired) electrons. The van der Waals surface area contributed by atoms with E-state index >= 15 is 0 Å².